The zero-order valence-corrected chi connectivity index (χ0v) is 10.0. The van der Waals surface area contributed by atoms with Gasteiger partial charge in [-0.2, -0.15) is 0 Å². The third-order valence-corrected chi connectivity index (χ3v) is 1.94. The molecule has 16 heavy (non-hydrogen) atoms. The van der Waals surface area contributed by atoms with E-state index in [4.69, 9.17) is 5.11 Å². The number of carboxylic acids is 1. The number of unbranched alkanes of at least 4 members (excludes halogenated alkanes) is 1. The summed E-state index contributed by atoms with van der Waals surface area (Å²) in [5, 5.41) is 8.89. The highest BCUT2D eigenvalue weighted by molar-refractivity contribution is 5.87. The van der Waals surface area contributed by atoms with Gasteiger partial charge in [-0.1, -0.05) is 55.9 Å². The lowest BCUT2D eigenvalue weighted by Crippen LogP contribution is -1.98. The summed E-state index contributed by atoms with van der Waals surface area (Å²) in [6.45, 7) is 3.98. The lowest BCUT2D eigenvalue weighted by Gasteiger charge is -1.94. The standard InChI is InChI=1S/C14H20O2/c1-3-5-7-8-9-10-12-13(14(15)16)11-6-4-2/h4,6-11H,3,5,12H2,1-2H3,(H,15,16)/b6-4+,8-7+,10-9+,13-11+. The Labute approximate surface area is 97.7 Å². The largest absolute Gasteiger partial charge is 0.478 e. The fourth-order valence-electron chi connectivity index (χ4n) is 1.05. The minimum absolute atomic E-state index is 0.401. The molecule has 1 N–H and O–H groups in total. The lowest BCUT2D eigenvalue weighted by atomic mass is 10.1. The zero-order valence-electron chi connectivity index (χ0n) is 10.0. The van der Waals surface area contributed by atoms with Crippen LogP contribution in [-0.4, -0.2) is 11.1 Å². The van der Waals surface area contributed by atoms with Crippen molar-refractivity contribution >= 4 is 5.97 Å². The first-order valence-electron chi connectivity index (χ1n) is 5.59. The molecular formula is C14H20O2. The van der Waals surface area contributed by atoms with E-state index in [1.54, 1.807) is 12.2 Å². The summed E-state index contributed by atoms with van der Waals surface area (Å²) in [4.78, 5) is 10.8. The third kappa shape index (κ3) is 7.80. The van der Waals surface area contributed by atoms with Crippen LogP contribution in [0.25, 0.3) is 0 Å². The van der Waals surface area contributed by atoms with Gasteiger partial charge in [0.05, 0.1) is 0 Å². The number of aliphatic carboxylic acids is 1. The summed E-state index contributed by atoms with van der Waals surface area (Å²) < 4.78 is 0. The van der Waals surface area contributed by atoms with Gasteiger partial charge in [0.2, 0.25) is 0 Å². The van der Waals surface area contributed by atoms with E-state index in [0.717, 1.165) is 12.8 Å². The van der Waals surface area contributed by atoms with Gasteiger partial charge in [0.15, 0.2) is 0 Å². The van der Waals surface area contributed by atoms with Crippen LogP contribution in [0.5, 0.6) is 0 Å². The Morgan fingerprint density at radius 1 is 1.19 bits per heavy atom. The second kappa shape index (κ2) is 9.97. The third-order valence-electron chi connectivity index (χ3n) is 1.94. The molecule has 0 radical (unpaired) electrons. The van der Waals surface area contributed by atoms with Crippen LogP contribution >= 0.6 is 0 Å². The van der Waals surface area contributed by atoms with Crippen LogP contribution < -0.4 is 0 Å². The van der Waals surface area contributed by atoms with E-state index in [0.29, 0.717) is 12.0 Å². The van der Waals surface area contributed by atoms with Crippen LogP contribution in [0.15, 0.2) is 48.1 Å². The SMILES string of the molecule is C/C=C/C=C(\C/C=C/C=C/CCC)C(=O)O. The normalized spacial score (nSPS) is 13.2. The number of allylic oxidation sites excluding steroid dienone is 7. The smallest absolute Gasteiger partial charge is 0.331 e. The summed E-state index contributed by atoms with van der Waals surface area (Å²) in [5.74, 6) is -0.861. The van der Waals surface area contributed by atoms with E-state index in [1.165, 1.54) is 0 Å². The molecule has 2 heteroatoms. The van der Waals surface area contributed by atoms with Gasteiger partial charge in [0.1, 0.15) is 0 Å². The van der Waals surface area contributed by atoms with Gasteiger partial charge in [-0.3, -0.25) is 0 Å². The fourth-order valence-corrected chi connectivity index (χ4v) is 1.05. The minimum atomic E-state index is -0.861. The molecule has 0 saturated heterocycles. The van der Waals surface area contributed by atoms with Gasteiger partial charge in [0.25, 0.3) is 0 Å². The maximum atomic E-state index is 10.8. The van der Waals surface area contributed by atoms with E-state index in [2.05, 4.69) is 13.0 Å². The highest BCUT2D eigenvalue weighted by atomic mass is 16.4. The first-order valence-corrected chi connectivity index (χ1v) is 5.59. The number of carboxylic acid groups (broad SMARTS) is 1. The monoisotopic (exact) mass is 220 g/mol. The Bertz CT molecular complexity index is 307. The molecule has 2 nitrogen and oxygen atoms in total. The molecule has 0 aromatic rings. The molecule has 0 atom stereocenters. The van der Waals surface area contributed by atoms with Crippen LogP contribution in [0, 0.1) is 0 Å². The Morgan fingerprint density at radius 3 is 2.44 bits per heavy atom. The number of hydrogen-bond acceptors (Lipinski definition) is 1. The summed E-state index contributed by atoms with van der Waals surface area (Å²) in [5.41, 5.74) is 0.401. The fraction of sp³-hybridized carbons (Fsp3) is 0.357. The molecule has 0 aromatic carbocycles. The van der Waals surface area contributed by atoms with Crippen LogP contribution in [0.3, 0.4) is 0 Å². The van der Waals surface area contributed by atoms with Gasteiger partial charge in [-0.05, 0) is 19.8 Å². The molecule has 0 rings (SSSR count). The molecule has 0 spiro atoms. The summed E-state index contributed by atoms with van der Waals surface area (Å²) >= 11 is 0. The predicted molar refractivity (Wildman–Crippen MR) is 68.3 cm³/mol. The molecular weight excluding hydrogens is 200 g/mol. The molecule has 0 bridgehead atoms. The van der Waals surface area contributed by atoms with Crippen LogP contribution in [0.1, 0.15) is 33.1 Å². The van der Waals surface area contributed by atoms with Crippen molar-refractivity contribution in [3.05, 3.63) is 48.1 Å². The number of carbonyl (C=O) groups is 1. The van der Waals surface area contributed by atoms with Gasteiger partial charge < -0.3 is 5.11 Å². The predicted octanol–water partition coefficient (Wildman–Crippen LogP) is 3.88. The minimum Gasteiger partial charge on any atom is -0.478 e. The summed E-state index contributed by atoms with van der Waals surface area (Å²) in [6, 6.07) is 0. The Balaban J connectivity index is 4.17. The van der Waals surface area contributed by atoms with Crippen LogP contribution in [0.4, 0.5) is 0 Å². The van der Waals surface area contributed by atoms with E-state index in [1.807, 2.05) is 31.2 Å². The molecule has 0 aromatic heterocycles. The van der Waals surface area contributed by atoms with E-state index in [9.17, 15) is 4.79 Å². The van der Waals surface area contributed by atoms with Crippen molar-refractivity contribution in [3.8, 4) is 0 Å². The van der Waals surface area contributed by atoms with Crippen molar-refractivity contribution < 1.29 is 9.90 Å². The maximum absolute atomic E-state index is 10.8. The summed E-state index contributed by atoms with van der Waals surface area (Å²) in [7, 11) is 0. The molecule has 0 aliphatic rings. The van der Waals surface area contributed by atoms with Crippen LogP contribution in [-0.2, 0) is 4.79 Å². The maximum Gasteiger partial charge on any atom is 0.331 e. The van der Waals surface area contributed by atoms with Crippen molar-refractivity contribution in [2.24, 2.45) is 0 Å². The highest BCUT2D eigenvalue weighted by Gasteiger charge is 2.02. The molecule has 0 aliphatic carbocycles. The highest BCUT2D eigenvalue weighted by Crippen LogP contribution is 2.03. The molecule has 0 aliphatic heterocycles. The first-order chi connectivity index (χ1) is 7.72. The Kier molecular flexibility index (Phi) is 8.99. The number of rotatable bonds is 7. The Hall–Kier alpha value is -1.57. The van der Waals surface area contributed by atoms with Crippen LogP contribution in [0.2, 0.25) is 0 Å². The second-order valence-electron chi connectivity index (χ2n) is 3.37. The zero-order chi connectivity index (χ0) is 12.2. The quantitative estimate of drug-likeness (QED) is 0.522. The van der Waals surface area contributed by atoms with Gasteiger partial charge in [-0.15, -0.1) is 0 Å². The topological polar surface area (TPSA) is 37.3 Å². The van der Waals surface area contributed by atoms with Crippen molar-refractivity contribution in [3.63, 3.8) is 0 Å². The van der Waals surface area contributed by atoms with Gasteiger partial charge in [0, 0.05) is 5.57 Å². The molecule has 88 valence electrons. The number of hydrogen-bond donors (Lipinski definition) is 1. The molecule has 0 fully saturated rings. The van der Waals surface area contributed by atoms with Gasteiger partial charge in [-0.25, -0.2) is 4.79 Å². The van der Waals surface area contributed by atoms with E-state index >= 15 is 0 Å². The van der Waals surface area contributed by atoms with E-state index in [-0.39, 0.29) is 0 Å². The average molecular weight is 220 g/mol. The first kappa shape index (κ1) is 14.4. The van der Waals surface area contributed by atoms with Crippen molar-refractivity contribution in [2.75, 3.05) is 0 Å². The molecule has 0 unspecified atom stereocenters. The Morgan fingerprint density at radius 2 is 1.88 bits per heavy atom. The van der Waals surface area contributed by atoms with E-state index < -0.39 is 5.97 Å². The van der Waals surface area contributed by atoms with Crippen molar-refractivity contribution in [1.82, 2.24) is 0 Å². The second-order valence-corrected chi connectivity index (χ2v) is 3.37. The lowest BCUT2D eigenvalue weighted by molar-refractivity contribution is -0.132. The average Bonchev–Trinajstić information content (AvgIpc) is 2.26. The molecule has 0 heterocycles. The van der Waals surface area contributed by atoms with Crippen molar-refractivity contribution in [2.45, 2.75) is 33.1 Å². The molecule has 0 saturated carbocycles. The molecule has 0 amide bonds. The summed E-state index contributed by atoms with van der Waals surface area (Å²) in [6.07, 6.45) is 15.6. The van der Waals surface area contributed by atoms with Crippen molar-refractivity contribution in [1.29, 1.82) is 0 Å². The van der Waals surface area contributed by atoms with Gasteiger partial charge >= 0.3 is 5.97 Å².